The van der Waals surface area contributed by atoms with Crippen LogP contribution in [-0.2, 0) is 0 Å². The minimum Gasteiger partial charge on any atom is -0.0786 e. The Balaban J connectivity index is 2.46. The monoisotopic (exact) mass is 542 g/mol. The standard InChI is InChI=1S/C14H10Br3I/c1-8-5-13(16)11(7-12(8)15)14(17)9-3-2-4-10(18)6-9/h2-7,14H,1H3. The van der Waals surface area contributed by atoms with Crippen LogP contribution in [0, 0.1) is 10.5 Å². The summed E-state index contributed by atoms with van der Waals surface area (Å²) in [5.41, 5.74) is 3.72. The van der Waals surface area contributed by atoms with Crippen LogP contribution in [0.3, 0.4) is 0 Å². The van der Waals surface area contributed by atoms with Crippen molar-refractivity contribution in [3.05, 3.63) is 65.6 Å². The largest absolute Gasteiger partial charge is 0.0786 e. The lowest BCUT2D eigenvalue weighted by molar-refractivity contribution is 1.15. The van der Waals surface area contributed by atoms with Crippen molar-refractivity contribution in [1.82, 2.24) is 0 Å². The second-order valence-corrected chi connectivity index (χ2v) is 7.91. The molecule has 0 amide bonds. The van der Waals surface area contributed by atoms with E-state index in [0.717, 1.165) is 8.95 Å². The van der Waals surface area contributed by atoms with Gasteiger partial charge >= 0.3 is 0 Å². The van der Waals surface area contributed by atoms with E-state index in [4.69, 9.17) is 0 Å². The Morgan fingerprint density at radius 2 is 1.78 bits per heavy atom. The summed E-state index contributed by atoms with van der Waals surface area (Å²) in [5.74, 6) is 0. The number of aryl methyl sites for hydroxylation is 1. The van der Waals surface area contributed by atoms with Gasteiger partial charge in [0.2, 0.25) is 0 Å². The van der Waals surface area contributed by atoms with Crippen molar-refractivity contribution < 1.29 is 0 Å². The highest BCUT2D eigenvalue weighted by atomic mass is 127. The van der Waals surface area contributed by atoms with Crippen molar-refractivity contribution in [1.29, 1.82) is 0 Å². The molecule has 18 heavy (non-hydrogen) atoms. The molecule has 1 atom stereocenters. The van der Waals surface area contributed by atoms with Gasteiger partial charge in [-0.15, -0.1) is 0 Å². The Bertz CT molecular complexity index is 581. The zero-order valence-corrected chi connectivity index (χ0v) is 16.5. The fraction of sp³-hybridized carbons (Fsp3) is 0.143. The molecule has 4 heteroatoms. The molecule has 0 aliphatic carbocycles. The van der Waals surface area contributed by atoms with Crippen LogP contribution in [0.5, 0.6) is 0 Å². The van der Waals surface area contributed by atoms with Crippen molar-refractivity contribution in [3.8, 4) is 0 Å². The van der Waals surface area contributed by atoms with E-state index in [9.17, 15) is 0 Å². The fourth-order valence-corrected chi connectivity index (χ4v) is 4.29. The number of hydrogen-bond acceptors (Lipinski definition) is 0. The highest BCUT2D eigenvalue weighted by Gasteiger charge is 2.15. The summed E-state index contributed by atoms with van der Waals surface area (Å²) in [6.07, 6.45) is 0. The minimum atomic E-state index is 0.193. The van der Waals surface area contributed by atoms with E-state index in [1.54, 1.807) is 0 Å². The summed E-state index contributed by atoms with van der Waals surface area (Å²) in [5, 5.41) is 0. The molecular weight excluding hydrogens is 535 g/mol. The topological polar surface area (TPSA) is 0 Å². The molecule has 1 unspecified atom stereocenters. The lowest BCUT2D eigenvalue weighted by Gasteiger charge is -2.15. The molecule has 0 fully saturated rings. The Hall–Kier alpha value is 0.610. The molecule has 0 aromatic heterocycles. The van der Waals surface area contributed by atoms with Crippen LogP contribution in [0.4, 0.5) is 0 Å². The zero-order chi connectivity index (χ0) is 13.3. The second-order valence-electron chi connectivity index (χ2n) is 4.04. The van der Waals surface area contributed by atoms with Gasteiger partial charge in [0, 0.05) is 12.5 Å². The Morgan fingerprint density at radius 1 is 1.06 bits per heavy atom. The molecule has 94 valence electrons. The van der Waals surface area contributed by atoms with Gasteiger partial charge in [0.25, 0.3) is 0 Å². The summed E-state index contributed by atoms with van der Waals surface area (Å²) < 4.78 is 3.51. The molecule has 0 aliphatic heterocycles. The molecule has 0 aliphatic rings. The summed E-state index contributed by atoms with van der Waals surface area (Å²) in [7, 11) is 0. The van der Waals surface area contributed by atoms with Crippen molar-refractivity contribution in [2.75, 3.05) is 0 Å². The molecule has 0 radical (unpaired) electrons. The number of hydrogen-bond donors (Lipinski definition) is 0. The number of halogens is 4. The van der Waals surface area contributed by atoms with Crippen LogP contribution in [0.25, 0.3) is 0 Å². The maximum Gasteiger partial charge on any atom is 0.0656 e. The van der Waals surface area contributed by atoms with E-state index in [1.165, 1.54) is 20.3 Å². The lowest BCUT2D eigenvalue weighted by Crippen LogP contribution is -1.95. The van der Waals surface area contributed by atoms with Gasteiger partial charge < -0.3 is 0 Å². The van der Waals surface area contributed by atoms with Gasteiger partial charge in [0.05, 0.1) is 4.83 Å². The molecule has 0 N–H and O–H groups in total. The van der Waals surface area contributed by atoms with E-state index in [2.05, 4.69) is 114 Å². The predicted molar refractivity (Wildman–Crippen MR) is 96.5 cm³/mol. The molecular formula is C14H10Br3I. The van der Waals surface area contributed by atoms with Crippen LogP contribution in [-0.4, -0.2) is 0 Å². The summed E-state index contributed by atoms with van der Waals surface area (Å²) >= 11 is 13.4. The molecule has 2 aromatic carbocycles. The molecule has 0 saturated heterocycles. The van der Waals surface area contributed by atoms with Crippen LogP contribution >= 0.6 is 70.4 Å². The predicted octanol–water partition coefficient (Wildman–Crippen LogP) is 6.61. The molecule has 2 aromatic rings. The smallest absolute Gasteiger partial charge is 0.0656 e. The van der Waals surface area contributed by atoms with E-state index >= 15 is 0 Å². The third-order valence-corrected chi connectivity index (χ3v) is 5.93. The molecule has 0 saturated carbocycles. The minimum absolute atomic E-state index is 0.193. The van der Waals surface area contributed by atoms with Gasteiger partial charge in [-0.05, 0) is 70.5 Å². The molecule has 0 nitrogen and oxygen atoms in total. The highest BCUT2D eigenvalue weighted by Crippen LogP contribution is 2.38. The third-order valence-electron chi connectivity index (χ3n) is 2.69. The van der Waals surface area contributed by atoms with Gasteiger partial charge in [-0.25, -0.2) is 0 Å². The van der Waals surface area contributed by atoms with Crippen molar-refractivity contribution in [3.63, 3.8) is 0 Å². The van der Waals surface area contributed by atoms with E-state index < -0.39 is 0 Å². The Kier molecular flexibility index (Phi) is 5.31. The number of rotatable bonds is 2. The summed E-state index contributed by atoms with van der Waals surface area (Å²) in [4.78, 5) is 0.193. The fourth-order valence-electron chi connectivity index (χ4n) is 1.70. The Labute approximate surface area is 146 Å². The number of benzene rings is 2. The van der Waals surface area contributed by atoms with Crippen molar-refractivity contribution in [2.45, 2.75) is 11.8 Å². The Morgan fingerprint density at radius 3 is 2.44 bits per heavy atom. The van der Waals surface area contributed by atoms with Gasteiger partial charge in [0.15, 0.2) is 0 Å². The quantitative estimate of drug-likeness (QED) is 0.295. The van der Waals surface area contributed by atoms with Crippen molar-refractivity contribution in [2.24, 2.45) is 0 Å². The molecule has 2 rings (SSSR count). The van der Waals surface area contributed by atoms with Crippen LogP contribution in [0.1, 0.15) is 21.5 Å². The van der Waals surface area contributed by atoms with E-state index in [1.807, 2.05) is 0 Å². The summed E-state index contributed by atoms with van der Waals surface area (Å²) in [6, 6.07) is 12.8. The molecule has 0 bridgehead atoms. The highest BCUT2D eigenvalue weighted by molar-refractivity contribution is 14.1. The zero-order valence-electron chi connectivity index (χ0n) is 9.55. The van der Waals surface area contributed by atoms with Crippen LogP contribution < -0.4 is 0 Å². The molecule has 0 spiro atoms. The maximum atomic E-state index is 3.78. The first-order valence-corrected chi connectivity index (χ1v) is 8.92. The third kappa shape index (κ3) is 3.38. The first-order chi connectivity index (χ1) is 8.49. The second kappa shape index (κ2) is 6.37. The van der Waals surface area contributed by atoms with Gasteiger partial charge in [-0.2, -0.15) is 0 Å². The van der Waals surface area contributed by atoms with E-state index in [-0.39, 0.29) is 4.83 Å². The van der Waals surface area contributed by atoms with Gasteiger partial charge in [-0.1, -0.05) is 59.9 Å². The average Bonchev–Trinajstić information content (AvgIpc) is 2.33. The van der Waals surface area contributed by atoms with Gasteiger partial charge in [-0.3, -0.25) is 0 Å². The first kappa shape index (κ1) is 15.0. The van der Waals surface area contributed by atoms with Crippen LogP contribution in [0.2, 0.25) is 0 Å². The van der Waals surface area contributed by atoms with Crippen molar-refractivity contribution >= 4 is 70.4 Å². The average molecular weight is 545 g/mol. The molecule has 0 heterocycles. The maximum absolute atomic E-state index is 3.78. The normalized spacial score (nSPS) is 12.5. The van der Waals surface area contributed by atoms with Gasteiger partial charge in [0.1, 0.15) is 0 Å². The SMILES string of the molecule is Cc1cc(Br)c(C(Br)c2cccc(I)c2)cc1Br. The first-order valence-electron chi connectivity index (χ1n) is 5.34. The van der Waals surface area contributed by atoms with E-state index in [0.29, 0.717) is 0 Å². The van der Waals surface area contributed by atoms with Crippen LogP contribution in [0.15, 0.2) is 45.3 Å². The number of alkyl halides is 1. The summed E-state index contributed by atoms with van der Waals surface area (Å²) in [6.45, 7) is 2.09. The lowest BCUT2D eigenvalue weighted by atomic mass is 10.0.